The van der Waals surface area contributed by atoms with E-state index in [4.69, 9.17) is 5.73 Å². The van der Waals surface area contributed by atoms with Gasteiger partial charge in [0.1, 0.15) is 5.82 Å². The molecule has 1 saturated heterocycles. The van der Waals surface area contributed by atoms with Gasteiger partial charge in [0.2, 0.25) is 0 Å². The number of benzene rings is 1. The topological polar surface area (TPSA) is 29.3 Å². The van der Waals surface area contributed by atoms with E-state index in [0.717, 1.165) is 0 Å². The lowest BCUT2D eigenvalue weighted by atomic mass is 9.97. The number of anilines is 1. The zero-order chi connectivity index (χ0) is 14.0. The summed E-state index contributed by atoms with van der Waals surface area (Å²) in [6.45, 7) is 0.872. The molecule has 1 atom stereocenters. The fraction of sp³-hybridized carbons (Fsp3) is 0.538. The van der Waals surface area contributed by atoms with Crippen LogP contribution in [-0.4, -0.2) is 24.2 Å². The van der Waals surface area contributed by atoms with Crippen LogP contribution in [0.25, 0.3) is 0 Å². The number of likely N-dealkylation sites (tertiary alicyclic amines) is 1. The largest absolute Gasteiger partial charge is 0.399 e. The molecule has 106 valence electrons. The molecule has 0 bridgehead atoms. The normalized spacial score (nSPS) is 21.6. The van der Waals surface area contributed by atoms with Gasteiger partial charge in [0, 0.05) is 18.8 Å². The third-order valence-corrected chi connectivity index (χ3v) is 3.35. The Morgan fingerprint density at radius 2 is 2.00 bits per heavy atom. The van der Waals surface area contributed by atoms with Crippen LogP contribution in [0.2, 0.25) is 0 Å². The Balaban J connectivity index is 2.02. The molecule has 2 rings (SSSR count). The first-order chi connectivity index (χ1) is 8.84. The Kier molecular flexibility index (Phi) is 3.99. The van der Waals surface area contributed by atoms with Crippen molar-refractivity contribution in [1.82, 2.24) is 4.90 Å². The molecule has 0 aliphatic carbocycles. The molecule has 6 heteroatoms. The van der Waals surface area contributed by atoms with Crippen LogP contribution in [0.15, 0.2) is 18.2 Å². The molecule has 1 aromatic rings. The third kappa shape index (κ3) is 3.83. The predicted molar refractivity (Wildman–Crippen MR) is 64.9 cm³/mol. The Morgan fingerprint density at radius 1 is 1.26 bits per heavy atom. The summed E-state index contributed by atoms with van der Waals surface area (Å²) in [5.74, 6) is -1.74. The summed E-state index contributed by atoms with van der Waals surface area (Å²) < 4.78 is 51.2. The first-order valence-corrected chi connectivity index (χ1v) is 6.18. The smallest absolute Gasteiger partial charge is 0.393 e. The molecule has 1 aliphatic rings. The summed E-state index contributed by atoms with van der Waals surface area (Å²) in [6, 6.07) is 4.10. The van der Waals surface area contributed by atoms with Crippen molar-refractivity contribution in [3.63, 3.8) is 0 Å². The molecule has 0 amide bonds. The molecule has 1 unspecified atom stereocenters. The van der Waals surface area contributed by atoms with E-state index in [0.29, 0.717) is 30.8 Å². The molecule has 0 radical (unpaired) electrons. The molecule has 19 heavy (non-hydrogen) atoms. The van der Waals surface area contributed by atoms with Gasteiger partial charge in [0.15, 0.2) is 0 Å². The van der Waals surface area contributed by atoms with Crippen LogP contribution in [0.4, 0.5) is 23.2 Å². The predicted octanol–water partition coefficient (Wildman–Crippen LogP) is 3.18. The highest BCUT2D eigenvalue weighted by atomic mass is 19.4. The van der Waals surface area contributed by atoms with Crippen LogP contribution in [-0.2, 0) is 6.54 Å². The molecule has 1 heterocycles. The fourth-order valence-corrected chi connectivity index (χ4v) is 2.49. The number of rotatable bonds is 2. The Bertz CT molecular complexity index is 425. The van der Waals surface area contributed by atoms with Crippen LogP contribution >= 0.6 is 0 Å². The van der Waals surface area contributed by atoms with Gasteiger partial charge in [-0.25, -0.2) is 4.39 Å². The molecule has 1 fully saturated rings. The standard InChI is InChI=1S/C13H16F4N2/c14-11-4-9(5-12(18)6-11)7-19-3-1-2-10(8-19)13(15,16)17/h4-6,10H,1-3,7-8,18H2. The lowest BCUT2D eigenvalue weighted by molar-refractivity contribution is -0.187. The van der Waals surface area contributed by atoms with E-state index in [9.17, 15) is 17.6 Å². The third-order valence-electron chi connectivity index (χ3n) is 3.35. The maximum atomic E-state index is 13.2. The lowest BCUT2D eigenvalue weighted by Crippen LogP contribution is -2.41. The van der Waals surface area contributed by atoms with Crippen molar-refractivity contribution in [2.45, 2.75) is 25.6 Å². The highest BCUT2D eigenvalue weighted by Gasteiger charge is 2.41. The molecular weight excluding hydrogens is 260 g/mol. The molecule has 1 aromatic carbocycles. The number of hydrogen-bond donors (Lipinski definition) is 1. The minimum absolute atomic E-state index is 0.0279. The van der Waals surface area contributed by atoms with Crippen molar-refractivity contribution < 1.29 is 17.6 Å². The number of alkyl halides is 3. The van der Waals surface area contributed by atoms with Crippen molar-refractivity contribution in [2.75, 3.05) is 18.8 Å². The summed E-state index contributed by atoms with van der Waals surface area (Å²) in [5.41, 5.74) is 6.43. The summed E-state index contributed by atoms with van der Waals surface area (Å²) in [7, 11) is 0. The summed E-state index contributed by atoms with van der Waals surface area (Å²) in [6.07, 6.45) is -3.47. The molecule has 0 aromatic heterocycles. The molecule has 2 N–H and O–H groups in total. The van der Waals surface area contributed by atoms with E-state index in [1.165, 1.54) is 12.1 Å². The van der Waals surface area contributed by atoms with Crippen molar-refractivity contribution in [2.24, 2.45) is 5.92 Å². The molecule has 0 saturated carbocycles. The first-order valence-electron chi connectivity index (χ1n) is 6.18. The minimum Gasteiger partial charge on any atom is -0.399 e. The highest BCUT2D eigenvalue weighted by Crippen LogP contribution is 2.33. The maximum absolute atomic E-state index is 13.2. The fourth-order valence-electron chi connectivity index (χ4n) is 2.49. The van der Waals surface area contributed by atoms with Crippen LogP contribution in [0, 0.1) is 11.7 Å². The Morgan fingerprint density at radius 3 is 2.63 bits per heavy atom. The van der Waals surface area contributed by atoms with Gasteiger partial charge in [0.25, 0.3) is 0 Å². The van der Waals surface area contributed by atoms with Gasteiger partial charge in [-0.1, -0.05) is 0 Å². The minimum atomic E-state index is -4.15. The van der Waals surface area contributed by atoms with Crippen LogP contribution in [0.5, 0.6) is 0 Å². The zero-order valence-corrected chi connectivity index (χ0v) is 10.4. The van der Waals surface area contributed by atoms with Gasteiger partial charge in [-0.2, -0.15) is 13.2 Å². The second kappa shape index (κ2) is 5.36. The van der Waals surface area contributed by atoms with Gasteiger partial charge in [0.05, 0.1) is 5.92 Å². The summed E-state index contributed by atoms with van der Waals surface area (Å²) in [5, 5.41) is 0. The average Bonchev–Trinajstić information content (AvgIpc) is 2.26. The van der Waals surface area contributed by atoms with Crippen molar-refractivity contribution in [3.8, 4) is 0 Å². The van der Waals surface area contributed by atoms with Crippen LogP contribution in [0.1, 0.15) is 18.4 Å². The molecule has 2 nitrogen and oxygen atoms in total. The second-order valence-electron chi connectivity index (χ2n) is 5.01. The van der Waals surface area contributed by atoms with Gasteiger partial charge in [-0.3, -0.25) is 4.90 Å². The summed E-state index contributed by atoms with van der Waals surface area (Å²) in [4.78, 5) is 1.70. The van der Waals surface area contributed by atoms with E-state index in [-0.39, 0.29) is 13.0 Å². The van der Waals surface area contributed by atoms with Crippen LogP contribution in [0.3, 0.4) is 0 Å². The Labute approximate surface area is 109 Å². The number of nitrogen functional groups attached to an aromatic ring is 1. The average molecular weight is 276 g/mol. The quantitative estimate of drug-likeness (QED) is 0.664. The Hall–Kier alpha value is -1.30. The van der Waals surface area contributed by atoms with Crippen molar-refractivity contribution in [1.29, 1.82) is 0 Å². The number of piperidine rings is 1. The SMILES string of the molecule is Nc1cc(F)cc(CN2CCCC(C(F)(F)F)C2)c1. The maximum Gasteiger partial charge on any atom is 0.393 e. The van der Waals surface area contributed by atoms with Gasteiger partial charge >= 0.3 is 6.18 Å². The lowest BCUT2D eigenvalue weighted by Gasteiger charge is -2.33. The number of halogens is 4. The molecule has 1 aliphatic heterocycles. The highest BCUT2D eigenvalue weighted by molar-refractivity contribution is 5.41. The second-order valence-corrected chi connectivity index (χ2v) is 5.01. The van der Waals surface area contributed by atoms with E-state index < -0.39 is 17.9 Å². The van der Waals surface area contributed by atoms with Gasteiger partial charge in [-0.15, -0.1) is 0 Å². The van der Waals surface area contributed by atoms with E-state index in [1.807, 2.05) is 0 Å². The van der Waals surface area contributed by atoms with Gasteiger partial charge < -0.3 is 5.73 Å². The monoisotopic (exact) mass is 276 g/mol. The number of nitrogens with zero attached hydrogens (tertiary/aromatic N) is 1. The number of nitrogens with two attached hydrogens (primary N) is 1. The zero-order valence-electron chi connectivity index (χ0n) is 10.4. The molecular formula is C13H16F4N2. The van der Waals surface area contributed by atoms with E-state index in [2.05, 4.69) is 0 Å². The molecule has 0 spiro atoms. The van der Waals surface area contributed by atoms with Gasteiger partial charge in [-0.05, 0) is 43.1 Å². The van der Waals surface area contributed by atoms with Crippen molar-refractivity contribution >= 4 is 5.69 Å². The number of hydrogen-bond acceptors (Lipinski definition) is 2. The van der Waals surface area contributed by atoms with E-state index >= 15 is 0 Å². The first kappa shape index (κ1) is 14.1. The van der Waals surface area contributed by atoms with Crippen molar-refractivity contribution in [3.05, 3.63) is 29.6 Å². The van der Waals surface area contributed by atoms with Crippen LogP contribution < -0.4 is 5.73 Å². The van der Waals surface area contributed by atoms with E-state index in [1.54, 1.807) is 11.0 Å². The summed E-state index contributed by atoms with van der Waals surface area (Å²) >= 11 is 0.